The third kappa shape index (κ3) is 5.67. The number of thioether (sulfide) groups is 1. The summed E-state index contributed by atoms with van der Waals surface area (Å²) in [5.41, 5.74) is 0.904. The van der Waals surface area contributed by atoms with Crippen molar-refractivity contribution in [3.8, 4) is 5.75 Å². The molecule has 0 saturated carbocycles. The van der Waals surface area contributed by atoms with Crippen LogP contribution < -0.4 is 10.1 Å². The number of hydrogen-bond acceptors (Lipinski definition) is 3. The van der Waals surface area contributed by atoms with E-state index in [9.17, 15) is 4.79 Å². The molecule has 3 rings (SSSR count). The minimum absolute atomic E-state index is 0.281. The van der Waals surface area contributed by atoms with E-state index in [-0.39, 0.29) is 5.91 Å². The highest BCUT2D eigenvalue weighted by Gasteiger charge is 2.11. The van der Waals surface area contributed by atoms with Gasteiger partial charge in [-0.05, 0) is 48.5 Å². The van der Waals surface area contributed by atoms with Gasteiger partial charge < -0.3 is 10.1 Å². The molecule has 0 aliphatic carbocycles. The van der Waals surface area contributed by atoms with E-state index in [0.717, 1.165) is 11.5 Å². The van der Waals surface area contributed by atoms with Gasteiger partial charge in [-0.3, -0.25) is 4.79 Å². The van der Waals surface area contributed by atoms with Gasteiger partial charge in [-0.15, -0.1) is 11.8 Å². The molecule has 0 aliphatic heterocycles. The Morgan fingerprint density at radius 3 is 2.22 bits per heavy atom. The van der Waals surface area contributed by atoms with Crippen molar-refractivity contribution in [2.45, 2.75) is 4.90 Å². The van der Waals surface area contributed by atoms with Crippen LogP contribution in [0.2, 0.25) is 10.0 Å². The maximum atomic E-state index is 12.4. The molecule has 0 atom stereocenters. The first-order valence-corrected chi connectivity index (χ1v) is 10.0. The number of carbonyl (C=O) groups excluding carboxylic acids is 1. The molecule has 0 saturated heterocycles. The predicted octanol–water partition coefficient (Wildman–Crippen LogP) is 6.42. The highest BCUT2D eigenvalue weighted by Crippen LogP contribution is 2.30. The van der Waals surface area contributed by atoms with Gasteiger partial charge in [0.05, 0.1) is 22.3 Å². The molecule has 0 bridgehead atoms. The van der Waals surface area contributed by atoms with Crippen LogP contribution in [0.15, 0.2) is 77.7 Å². The molecular formula is C21H17Cl2NO2S. The molecule has 27 heavy (non-hydrogen) atoms. The Morgan fingerprint density at radius 1 is 0.889 bits per heavy atom. The number of rotatable bonds is 7. The Morgan fingerprint density at radius 2 is 1.56 bits per heavy atom. The normalized spacial score (nSPS) is 10.4. The van der Waals surface area contributed by atoms with Gasteiger partial charge in [0.15, 0.2) is 0 Å². The van der Waals surface area contributed by atoms with Crippen molar-refractivity contribution in [2.24, 2.45) is 0 Å². The Balaban J connectivity index is 1.51. The van der Waals surface area contributed by atoms with E-state index in [1.807, 2.05) is 18.2 Å². The number of halogens is 2. The first-order chi connectivity index (χ1) is 13.1. The summed E-state index contributed by atoms with van der Waals surface area (Å²) in [6.45, 7) is 0.584. The van der Waals surface area contributed by atoms with Crippen molar-refractivity contribution < 1.29 is 9.53 Å². The highest BCUT2D eigenvalue weighted by molar-refractivity contribution is 7.99. The lowest BCUT2D eigenvalue weighted by Gasteiger charge is -2.10. The molecule has 1 N–H and O–H groups in total. The van der Waals surface area contributed by atoms with Crippen molar-refractivity contribution in [1.29, 1.82) is 0 Å². The predicted molar refractivity (Wildman–Crippen MR) is 114 cm³/mol. The minimum atomic E-state index is -0.281. The molecular weight excluding hydrogens is 401 g/mol. The molecule has 0 fully saturated rings. The third-order valence-electron chi connectivity index (χ3n) is 3.68. The minimum Gasteiger partial charge on any atom is -0.493 e. The number of ether oxygens (including phenoxy) is 1. The van der Waals surface area contributed by atoms with Crippen molar-refractivity contribution in [3.05, 3.63) is 88.4 Å². The molecule has 0 unspecified atom stereocenters. The number of hydrogen-bond donors (Lipinski definition) is 1. The van der Waals surface area contributed by atoms with Crippen LogP contribution in [-0.4, -0.2) is 18.3 Å². The topological polar surface area (TPSA) is 38.3 Å². The fourth-order valence-electron chi connectivity index (χ4n) is 2.34. The Kier molecular flexibility index (Phi) is 7.04. The highest BCUT2D eigenvalue weighted by atomic mass is 35.5. The van der Waals surface area contributed by atoms with Gasteiger partial charge in [-0.25, -0.2) is 0 Å². The maximum Gasteiger partial charge on any atom is 0.255 e. The standard InChI is InChI=1S/C21H17Cl2NO2S/c22-18-7-4-8-19(23)20(18)24-21(25)15-9-11-16(12-10-15)26-13-14-27-17-5-2-1-3-6-17/h1-12H,13-14H2,(H,24,25). The van der Waals surface area contributed by atoms with E-state index in [2.05, 4.69) is 17.4 Å². The van der Waals surface area contributed by atoms with Gasteiger partial charge in [0.2, 0.25) is 0 Å². The molecule has 3 nitrogen and oxygen atoms in total. The molecule has 3 aromatic rings. The lowest BCUT2D eigenvalue weighted by atomic mass is 10.2. The van der Waals surface area contributed by atoms with Crippen LogP contribution in [0.4, 0.5) is 5.69 Å². The molecule has 0 radical (unpaired) electrons. The lowest BCUT2D eigenvalue weighted by molar-refractivity contribution is 0.102. The van der Waals surface area contributed by atoms with Crippen molar-refractivity contribution >= 4 is 46.6 Å². The van der Waals surface area contributed by atoms with Crippen LogP contribution >= 0.6 is 35.0 Å². The Labute approximate surface area is 172 Å². The average molecular weight is 418 g/mol. The van der Waals surface area contributed by atoms with E-state index in [1.165, 1.54) is 4.90 Å². The largest absolute Gasteiger partial charge is 0.493 e. The van der Waals surface area contributed by atoms with Gasteiger partial charge in [0.1, 0.15) is 5.75 Å². The molecule has 0 heterocycles. The van der Waals surface area contributed by atoms with Crippen LogP contribution in [0.25, 0.3) is 0 Å². The van der Waals surface area contributed by atoms with Gasteiger partial charge in [-0.2, -0.15) is 0 Å². The first-order valence-electron chi connectivity index (χ1n) is 8.29. The summed E-state index contributed by atoms with van der Waals surface area (Å²) >= 11 is 13.9. The number of benzene rings is 3. The van der Waals surface area contributed by atoms with Gasteiger partial charge >= 0.3 is 0 Å². The van der Waals surface area contributed by atoms with Crippen LogP contribution in [0.5, 0.6) is 5.75 Å². The van der Waals surface area contributed by atoms with Crippen molar-refractivity contribution in [3.63, 3.8) is 0 Å². The van der Waals surface area contributed by atoms with Crippen LogP contribution in [-0.2, 0) is 0 Å². The second kappa shape index (κ2) is 9.70. The number of para-hydroxylation sites is 1. The lowest BCUT2D eigenvalue weighted by Crippen LogP contribution is -2.12. The summed E-state index contributed by atoms with van der Waals surface area (Å²) in [6, 6.07) is 22.2. The summed E-state index contributed by atoms with van der Waals surface area (Å²) in [6.07, 6.45) is 0. The summed E-state index contributed by atoms with van der Waals surface area (Å²) in [5, 5.41) is 3.53. The summed E-state index contributed by atoms with van der Waals surface area (Å²) in [7, 11) is 0. The van der Waals surface area contributed by atoms with Gasteiger partial charge in [-0.1, -0.05) is 47.5 Å². The summed E-state index contributed by atoms with van der Waals surface area (Å²) < 4.78 is 5.72. The van der Waals surface area contributed by atoms with E-state index < -0.39 is 0 Å². The number of nitrogens with one attached hydrogen (secondary N) is 1. The van der Waals surface area contributed by atoms with Gasteiger partial charge in [0, 0.05) is 16.2 Å². The molecule has 6 heteroatoms. The van der Waals surface area contributed by atoms with E-state index in [4.69, 9.17) is 27.9 Å². The van der Waals surface area contributed by atoms with E-state index in [1.54, 1.807) is 54.2 Å². The van der Waals surface area contributed by atoms with Crippen LogP contribution in [0, 0.1) is 0 Å². The number of anilines is 1. The smallest absolute Gasteiger partial charge is 0.255 e. The second-order valence-corrected chi connectivity index (χ2v) is 7.57. The number of carbonyl (C=O) groups is 1. The molecule has 3 aromatic carbocycles. The quantitative estimate of drug-likeness (QED) is 0.356. The Hall–Kier alpha value is -2.14. The monoisotopic (exact) mass is 417 g/mol. The number of amides is 1. The van der Waals surface area contributed by atoms with Crippen molar-refractivity contribution in [2.75, 3.05) is 17.7 Å². The molecule has 1 amide bonds. The zero-order valence-corrected chi connectivity index (χ0v) is 16.7. The van der Waals surface area contributed by atoms with Crippen LogP contribution in [0.3, 0.4) is 0 Å². The fraction of sp³-hybridized carbons (Fsp3) is 0.0952. The molecule has 0 spiro atoms. The van der Waals surface area contributed by atoms with E-state index >= 15 is 0 Å². The second-order valence-electron chi connectivity index (χ2n) is 5.59. The third-order valence-corrected chi connectivity index (χ3v) is 5.29. The van der Waals surface area contributed by atoms with E-state index in [0.29, 0.717) is 27.9 Å². The van der Waals surface area contributed by atoms with Gasteiger partial charge in [0.25, 0.3) is 5.91 Å². The summed E-state index contributed by atoms with van der Waals surface area (Å²) in [4.78, 5) is 13.6. The van der Waals surface area contributed by atoms with Crippen molar-refractivity contribution in [1.82, 2.24) is 0 Å². The fourth-order valence-corrected chi connectivity index (χ4v) is 3.59. The molecule has 0 aliphatic rings. The molecule has 0 aromatic heterocycles. The zero-order valence-electron chi connectivity index (χ0n) is 14.3. The first kappa shape index (κ1) is 19.6. The average Bonchev–Trinajstić information content (AvgIpc) is 2.69. The van der Waals surface area contributed by atoms with Crippen LogP contribution in [0.1, 0.15) is 10.4 Å². The molecule has 138 valence electrons. The summed E-state index contributed by atoms with van der Waals surface area (Å²) in [5.74, 6) is 1.28. The maximum absolute atomic E-state index is 12.4. The zero-order chi connectivity index (χ0) is 19.1. The Bertz CT molecular complexity index is 882. The SMILES string of the molecule is O=C(Nc1c(Cl)cccc1Cl)c1ccc(OCCSc2ccccc2)cc1.